The van der Waals surface area contributed by atoms with Gasteiger partial charge in [-0.2, -0.15) is 0 Å². The van der Waals surface area contributed by atoms with E-state index in [9.17, 15) is 19.2 Å². The van der Waals surface area contributed by atoms with Gasteiger partial charge in [0.15, 0.2) is 0 Å². The van der Waals surface area contributed by atoms with Crippen molar-refractivity contribution in [1.29, 1.82) is 0 Å². The van der Waals surface area contributed by atoms with Crippen molar-refractivity contribution in [2.45, 2.75) is 0 Å². The average molecular weight is 495 g/mol. The number of hydrogen-bond donors (Lipinski definition) is 0. The molecular formula is C10H12N2O8Pb. The Bertz CT molecular complexity index is 434. The topological polar surface area (TPSA) is 112 Å². The molecule has 1 spiro atoms. The molecule has 0 radical (unpaired) electrons. The van der Waals surface area contributed by atoms with Crippen LogP contribution in [0.5, 0.6) is 0 Å². The molecule has 5 rings (SSSR count). The van der Waals surface area contributed by atoms with Crippen molar-refractivity contribution in [3.8, 4) is 0 Å². The van der Waals surface area contributed by atoms with E-state index in [2.05, 4.69) is 0 Å². The number of fused-ring (bicyclic) bond motifs is 4. The summed E-state index contributed by atoms with van der Waals surface area (Å²) < 4.78 is 20.0. The van der Waals surface area contributed by atoms with Crippen LogP contribution in [0.15, 0.2) is 0 Å². The SMILES string of the molecule is O=C1CN2CCN3CC(=O)[O][Pb]([O]1)([O]C(=O)C2)[O]C(=O)C3. The van der Waals surface area contributed by atoms with Gasteiger partial charge in [0, 0.05) is 0 Å². The van der Waals surface area contributed by atoms with E-state index < -0.39 is 46.9 Å². The molecule has 0 aromatic carbocycles. The quantitative estimate of drug-likeness (QED) is 0.328. The number of carbonyl (C=O) groups excluding carboxylic acids is 4. The van der Waals surface area contributed by atoms with Crippen LogP contribution >= 0.6 is 0 Å². The van der Waals surface area contributed by atoms with Crippen molar-refractivity contribution in [3.63, 3.8) is 0 Å². The molecule has 0 aromatic heterocycles. The Morgan fingerprint density at radius 2 is 0.905 bits per heavy atom. The Morgan fingerprint density at radius 3 is 1.19 bits per heavy atom. The molecule has 0 amide bonds. The fourth-order valence-electron chi connectivity index (χ4n) is 2.25. The molecular weight excluding hydrogens is 483 g/mol. The first kappa shape index (κ1) is 14.7. The maximum absolute atomic E-state index is 11.8. The van der Waals surface area contributed by atoms with Crippen LogP contribution in [-0.2, 0) is 29.9 Å². The van der Waals surface area contributed by atoms with Crippen molar-refractivity contribution < 1.29 is 29.9 Å². The molecule has 0 atom stereocenters. The average Bonchev–Trinajstić information content (AvgIpc) is 2.35. The third-order valence-electron chi connectivity index (χ3n) is 3.10. The molecule has 0 aliphatic carbocycles. The van der Waals surface area contributed by atoms with Gasteiger partial charge < -0.3 is 0 Å². The van der Waals surface area contributed by atoms with Crippen LogP contribution in [0.25, 0.3) is 0 Å². The predicted molar refractivity (Wildman–Crippen MR) is 63.0 cm³/mol. The fraction of sp³-hybridized carbons (Fsp3) is 0.600. The molecule has 0 aromatic rings. The van der Waals surface area contributed by atoms with Crippen LogP contribution in [-0.4, -0.2) is 95.9 Å². The van der Waals surface area contributed by atoms with E-state index in [1.807, 2.05) is 0 Å². The van der Waals surface area contributed by atoms with Gasteiger partial charge in [-0.15, -0.1) is 0 Å². The van der Waals surface area contributed by atoms with Gasteiger partial charge in [-0.05, 0) is 0 Å². The summed E-state index contributed by atoms with van der Waals surface area (Å²) in [6.07, 6.45) is 0. The number of carbonyl (C=O) groups is 4. The molecule has 11 heteroatoms. The molecule has 5 saturated heterocycles. The van der Waals surface area contributed by atoms with Gasteiger partial charge in [-0.1, -0.05) is 0 Å². The number of rotatable bonds is 0. The summed E-state index contributed by atoms with van der Waals surface area (Å²) in [4.78, 5) is 50.4. The van der Waals surface area contributed by atoms with Crippen molar-refractivity contribution >= 4 is 46.9 Å². The van der Waals surface area contributed by atoms with Crippen LogP contribution in [0.3, 0.4) is 0 Å². The molecule has 3 bridgehead atoms. The molecule has 10 nitrogen and oxygen atoms in total. The standard InChI is InChI=1S/C10H16N2O8.Pb/c13-7(14)3-11(4-8(15)16)1-2-12(5-9(17)18)6-10(19)20;/h1-6H2,(H,13,14)(H,15,16)(H,17,18)(H,19,20);/q;+4/p-4. The number of hydrogen-bond acceptors (Lipinski definition) is 10. The summed E-state index contributed by atoms with van der Waals surface area (Å²) in [7, 11) is 0. The zero-order chi connectivity index (χ0) is 15.0. The molecule has 5 aliphatic heterocycles. The van der Waals surface area contributed by atoms with Crippen LogP contribution in [0.4, 0.5) is 0 Å². The Morgan fingerprint density at radius 1 is 0.619 bits per heavy atom. The van der Waals surface area contributed by atoms with Gasteiger partial charge in [0.1, 0.15) is 0 Å². The van der Waals surface area contributed by atoms with Crippen molar-refractivity contribution in [2.75, 3.05) is 39.3 Å². The molecule has 0 unspecified atom stereocenters. The summed E-state index contributed by atoms with van der Waals surface area (Å²) in [5, 5.41) is 0. The second-order valence-corrected chi connectivity index (χ2v) is 11.9. The van der Waals surface area contributed by atoms with E-state index in [0.717, 1.165) is 0 Å². The normalized spacial score (nSPS) is 36.6. The van der Waals surface area contributed by atoms with Crippen LogP contribution in [0.2, 0.25) is 0 Å². The molecule has 0 N–H and O–H groups in total. The van der Waals surface area contributed by atoms with Crippen LogP contribution in [0.1, 0.15) is 0 Å². The Hall–Kier alpha value is -1.28. The van der Waals surface area contributed by atoms with Gasteiger partial charge in [0.05, 0.1) is 0 Å². The second-order valence-electron chi connectivity index (χ2n) is 4.82. The van der Waals surface area contributed by atoms with E-state index >= 15 is 0 Å². The van der Waals surface area contributed by atoms with Gasteiger partial charge in [0.2, 0.25) is 0 Å². The van der Waals surface area contributed by atoms with E-state index in [0.29, 0.717) is 13.1 Å². The van der Waals surface area contributed by atoms with Gasteiger partial charge in [0.25, 0.3) is 0 Å². The summed E-state index contributed by atoms with van der Waals surface area (Å²) in [5.74, 6) is -2.94. The van der Waals surface area contributed by atoms with Gasteiger partial charge in [-0.25, -0.2) is 0 Å². The predicted octanol–water partition coefficient (Wildman–Crippen LogP) is -2.76. The Labute approximate surface area is 126 Å². The minimum absolute atomic E-state index is 0.153. The molecule has 21 heavy (non-hydrogen) atoms. The maximum atomic E-state index is 11.8. The van der Waals surface area contributed by atoms with E-state index in [1.165, 1.54) is 9.80 Å². The molecule has 5 aliphatic rings. The molecule has 0 saturated carbocycles. The first-order valence-electron chi connectivity index (χ1n) is 6.26. The first-order chi connectivity index (χ1) is 9.94. The van der Waals surface area contributed by atoms with Crippen molar-refractivity contribution in [2.24, 2.45) is 0 Å². The van der Waals surface area contributed by atoms with Crippen molar-refractivity contribution in [1.82, 2.24) is 9.80 Å². The first-order valence-corrected chi connectivity index (χ1v) is 12.6. The molecule has 5 heterocycles. The fourth-order valence-corrected chi connectivity index (χ4v) is 8.56. The summed E-state index contributed by atoms with van der Waals surface area (Å²) in [6, 6.07) is 0. The summed E-state index contributed by atoms with van der Waals surface area (Å²) in [6.45, 7) is -0.0114. The zero-order valence-electron chi connectivity index (χ0n) is 10.9. The minimum atomic E-state index is -5.50. The Kier molecular flexibility index (Phi) is 3.83. The van der Waals surface area contributed by atoms with Crippen LogP contribution in [0, 0.1) is 0 Å². The van der Waals surface area contributed by atoms with E-state index in [-0.39, 0.29) is 26.2 Å². The third kappa shape index (κ3) is 3.32. The van der Waals surface area contributed by atoms with Gasteiger partial charge in [-0.3, -0.25) is 0 Å². The monoisotopic (exact) mass is 496 g/mol. The van der Waals surface area contributed by atoms with Crippen molar-refractivity contribution in [3.05, 3.63) is 0 Å². The third-order valence-corrected chi connectivity index (χ3v) is 10.5. The molecule has 5 fully saturated rings. The van der Waals surface area contributed by atoms with Gasteiger partial charge >= 0.3 is 126 Å². The van der Waals surface area contributed by atoms with E-state index in [4.69, 9.17) is 10.7 Å². The van der Waals surface area contributed by atoms with Crippen LogP contribution < -0.4 is 0 Å². The summed E-state index contributed by atoms with van der Waals surface area (Å²) in [5.41, 5.74) is 0. The number of nitrogens with zero attached hydrogens (tertiary/aromatic N) is 2. The van der Waals surface area contributed by atoms with E-state index in [1.54, 1.807) is 0 Å². The Balaban J connectivity index is 2.04. The second kappa shape index (κ2) is 5.49. The summed E-state index contributed by atoms with van der Waals surface area (Å²) >= 11 is -5.50. The zero-order valence-corrected chi connectivity index (χ0v) is 14.8. The molecule has 114 valence electrons.